The predicted octanol–water partition coefficient (Wildman–Crippen LogP) is 4.95. The van der Waals surface area contributed by atoms with Crippen LogP contribution in [-0.2, 0) is 11.2 Å². The maximum Gasteiger partial charge on any atom is 0.127 e. The smallest absolute Gasteiger partial charge is 0.127 e. The molecule has 3 heteroatoms. The quantitative estimate of drug-likeness (QED) is 0.627. The summed E-state index contributed by atoms with van der Waals surface area (Å²) < 4.78 is 12.4. The van der Waals surface area contributed by atoms with E-state index in [0.717, 1.165) is 37.0 Å². The number of phenols is 1. The summed E-state index contributed by atoms with van der Waals surface area (Å²) in [5.41, 5.74) is 2.02. The number of phenolic OH excluding ortho intramolecular Hbond substituents is 1. The molecular weight excluding hydrogens is 300 g/mol. The van der Waals surface area contributed by atoms with Gasteiger partial charge in [-0.15, -0.1) is 0 Å². The molecule has 0 bridgehead atoms. The van der Waals surface area contributed by atoms with E-state index in [9.17, 15) is 5.11 Å². The fourth-order valence-corrected chi connectivity index (χ4v) is 5.02. The van der Waals surface area contributed by atoms with Crippen LogP contribution in [-0.4, -0.2) is 22.4 Å². The average Bonchev–Trinajstić information content (AvgIpc) is 3.15. The molecule has 1 saturated carbocycles. The van der Waals surface area contributed by atoms with E-state index in [1.165, 1.54) is 18.4 Å². The Morgan fingerprint density at radius 2 is 2.00 bits per heavy atom. The first-order chi connectivity index (χ1) is 11.3. The summed E-state index contributed by atoms with van der Waals surface area (Å²) in [6, 6.07) is 4.14. The number of hydrogen-bond donors (Lipinski definition) is 1. The van der Waals surface area contributed by atoms with E-state index < -0.39 is 0 Å². The lowest BCUT2D eigenvalue weighted by molar-refractivity contribution is -0.00598. The van der Waals surface area contributed by atoms with Crippen molar-refractivity contribution in [3.8, 4) is 11.5 Å². The second-order valence-electron chi connectivity index (χ2n) is 8.76. The zero-order valence-corrected chi connectivity index (χ0v) is 15.4. The maximum absolute atomic E-state index is 10.8. The highest BCUT2D eigenvalue weighted by atomic mass is 16.6. The van der Waals surface area contributed by atoms with Gasteiger partial charge in [0.2, 0.25) is 0 Å². The highest BCUT2D eigenvalue weighted by Crippen LogP contribution is 2.62. The summed E-state index contributed by atoms with van der Waals surface area (Å²) in [5, 5.41) is 10.8. The van der Waals surface area contributed by atoms with Crippen molar-refractivity contribution < 1.29 is 14.6 Å². The van der Waals surface area contributed by atoms with Crippen LogP contribution in [0.3, 0.4) is 0 Å². The minimum absolute atomic E-state index is 0.0120. The molecule has 2 heterocycles. The highest BCUT2D eigenvalue weighted by Gasteiger charge is 2.62. The molecule has 1 N–H and O–H groups in total. The van der Waals surface area contributed by atoms with E-state index in [1.807, 2.05) is 6.07 Å². The molecule has 132 valence electrons. The monoisotopic (exact) mass is 330 g/mol. The minimum Gasteiger partial charge on any atom is -0.508 e. The van der Waals surface area contributed by atoms with E-state index >= 15 is 0 Å². The second kappa shape index (κ2) is 5.39. The van der Waals surface area contributed by atoms with Crippen LogP contribution in [0.25, 0.3) is 0 Å². The first kappa shape index (κ1) is 16.3. The lowest BCUT2D eigenvalue weighted by atomic mass is 9.64. The Bertz CT molecular complexity index is 651. The maximum atomic E-state index is 10.8. The van der Waals surface area contributed by atoms with Crippen molar-refractivity contribution in [3.63, 3.8) is 0 Å². The molecule has 3 aliphatic rings. The summed E-state index contributed by atoms with van der Waals surface area (Å²) in [7, 11) is 0. The van der Waals surface area contributed by atoms with Gasteiger partial charge in [-0.1, -0.05) is 19.8 Å². The standard InChI is InChI=1S/C21H30O3/c1-5-6-7-8-13-9-16(22)19-14-12-21(4)18(24-21)11-15(14)20(2,3)23-17(19)10-13/h9-10,14-15,18,22H,5-8,11-12H2,1-4H3/t14-,15-,18+,21-/m1/s1. The lowest BCUT2D eigenvalue weighted by Gasteiger charge is -2.47. The van der Waals surface area contributed by atoms with Gasteiger partial charge in [0.15, 0.2) is 0 Å². The second-order valence-corrected chi connectivity index (χ2v) is 8.76. The van der Waals surface area contributed by atoms with Gasteiger partial charge in [-0.2, -0.15) is 0 Å². The van der Waals surface area contributed by atoms with Crippen LogP contribution in [0, 0.1) is 5.92 Å². The SMILES string of the molecule is CCCCCc1cc(O)c2c(c1)OC(C)(C)[C@@H]1C[C@@H]3O[C@]3(C)C[C@@H]21. The normalized spacial score (nSPS) is 35.4. The highest BCUT2D eigenvalue weighted by molar-refractivity contribution is 5.52. The van der Waals surface area contributed by atoms with Gasteiger partial charge >= 0.3 is 0 Å². The fourth-order valence-electron chi connectivity index (χ4n) is 5.02. The molecule has 0 unspecified atom stereocenters. The Kier molecular flexibility index (Phi) is 3.65. The number of rotatable bonds is 4. The van der Waals surface area contributed by atoms with Crippen LogP contribution >= 0.6 is 0 Å². The molecule has 1 aromatic carbocycles. The number of aryl methyl sites for hydroxylation is 1. The Morgan fingerprint density at radius 1 is 1.21 bits per heavy atom. The van der Waals surface area contributed by atoms with Crippen molar-refractivity contribution in [2.75, 3.05) is 0 Å². The van der Waals surface area contributed by atoms with Gasteiger partial charge in [0.25, 0.3) is 0 Å². The summed E-state index contributed by atoms with van der Waals surface area (Å²) in [5.74, 6) is 2.06. The van der Waals surface area contributed by atoms with Gasteiger partial charge < -0.3 is 14.6 Å². The third-order valence-corrected chi connectivity index (χ3v) is 6.50. The van der Waals surface area contributed by atoms with Crippen LogP contribution in [0.4, 0.5) is 0 Å². The van der Waals surface area contributed by atoms with Gasteiger partial charge in [-0.05, 0) is 64.2 Å². The molecule has 4 atom stereocenters. The van der Waals surface area contributed by atoms with E-state index in [4.69, 9.17) is 9.47 Å². The van der Waals surface area contributed by atoms with Gasteiger partial charge in [-0.3, -0.25) is 0 Å². The van der Waals surface area contributed by atoms with Crippen LogP contribution in [0.15, 0.2) is 12.1 Å². The van der Waals surface area contributed by atoms with Crippen molar-refractivity contribution in [1.82, 2.24) is 0 Å². The number of epoxide rings is 1. The summed E-state index contributed by atoms with van der Waals surface area (Å²) in [4.78, 5) is 0. The van der Waals surface area contributed by atoms with E-state index in [1.54, 1.807) is 0 Å². The summed E-state index contributed by atoms with van der Waals surface area (Å²) in [6.07, 6.45) is 7.01. The van der Waals surface area contributed by atoms with Gasteiger partial charge in [0.05, 0.1) is 11.7 Å². The molecule has 24 heavy (non-hydrogen) atoms. The zero-order chi connectivity index (χ0) is 17.1. The minimum atomic E-state index is -0.209. The first-order valence-corrected chi connectivity index (χ1v) is 9.56. The van der Waals surface area contributed by atoms with Crippen LogP contribution < -0.4 is 4.74 Å². The van der Waals surface area contributed by atoms with Crippen molar-refractivity contribution in [3.05, 3.63) is 23.3 Å². The largest absolute Gasteiger partial charge is 0.508 e. The first-order valence-electron chi connectivity index (χ1n) is 9.56. The van der Waals surface area contributed by atoms with E-state index in [2.05, 4.69) is 33.8 Å². The molecule has 1 aliphatic carbocycles. The average molecular weight is 330 g/mol. The molecule has 0 spiro atoms. The fraction of sp³-hybridized carbons (Fsp3) is 0.714. The molecule has 1 aromatic rings. The molecular formula is C21H30O3. The number of aromatic hydroxyl groups is 1. The number of fused-ring (bicyclic) bond motifs is 4. The summed E-state index contributed by atoms with van der Waals surface area (Å²) >= 11 is 0. The molecule has 1 saturated heterocycles. The van der Waals surface area contributed by atoms with Crippen molar-refractivity contribution in [2.24, 2.45) is 5.92 Å². The Labute approximate surface area is 145 Å². The Hall–Kier alpha value is -1.22. The van der Waals surface area contributed by atoms with Crippen LogP contribution in [0.5, 0.6) is 11.5 Å². The number of benzene rings is 1. The van der Waals surface area contributed by atoms with Crippen molar-refractivity contribution >= 4 is 0 Å². The van der Waals surface area contributed by atoms with Gasteiger partial charge in [0.1, 0.15) is 17.1 Å². The third kappa shape index (κ3) is 2.52. The Balaban J connectivity index is 1.69. The topological polar surface area (TPSA) is 42.0 Å². The molecule has 0 aromatic heterocycles. The number of hydrogen-bond acceptors (Lipinski definition) is 3. The molecule has 0 amide bonds. The van der Waals surface area contributed by atoms with Crippen LogP contribution in [0.1, 0.15) is 76.8 Å². The van der Waals surface area contributed by atoms with Gasteiger partial charge in [-0.25, -0.2) is 0 Å². The molecule has 2 fully saturated rings. The van der Waals surface area contributed by atoms with Crippen molar-refractivity contribution in [2.45, 2.75) is 89.4 Å². The predicted molar refractivity (Wildman–Crippen MR) is 94.8 cm³/mol. The molecule has 4 rings (SSSR count). The lowest BCUT2D eigenvalue weighted by Crippen LogP contribution is -2.48. The molecule has 0 radical (unpaired) electrons. The zero-order valence-electron chi connectivity index (χ0n) is 15.4. The third-order valence-electron chi connectivity index (χ3n) is 6.50. The summed E-state index contributed by atoms with van der Waals surface area (Å²) in [6.45, 7) is 8.82. The van der Waals surface area contributed by atoms with Crippen molar-refractivity contribution in [1.29, 1.82) is 0 Å². The van der Waals surface area contributed by atoms with E-state index in [-0.39, 0.29) is 11.2 Å². The molecule has 3 nitrogen and oxygen atoms in total. The number of unbranched alkanes of at least 4 members (excludes halogenated alkanes) is 2. The number of ether oxygens (including phenoxy) is 2. The molecule has 2 aliphatic heterocycles. The Morgan fingerprint density at radius 3 is 2.75 bits per heavy atom. The van der Waals surface area contributed by atoms with Crippen LogP contribution in [0.2, 0.25) is 0 Å². The van der Waals surface area contributed by atoms with E-state index in [0.29, 0.717) is 23.7 Å². The van der Waals surface area contributed by atoms with Gasteiger partial charge in [0, 0.05) is 17.4 Å².